The molecule has 1 heterocycles. The molecule has 3 heteroatoms. The Hall–Kier alpha value is -1.68. The molecule has 1 aliphatic heterocycles. The third kappa shape index (κ3) is 4.42. The minimum absolute atomic E-state index is 0.157. The Morgan fingerprint density at radius 3 is 2.04 bits per heavy atom. The number of hydrogen-bond donors (Lipinski definition) is 1. The van der Waals surface area contributed by atoms with E-state index in [-0.39, 0.29) is 5.04 Å². The van der Waals surface area contributed by atoms with Gasteiger partial charge in [0.05, 0.1) is 12.7 Å². The topological polar surface area (TPSA) is 29.5 Å². The SMILES string of the molecule is C=C1CO[C@@H](CCCCC(C)(C)[Si](O)(c2ccccc2)c2ccccc2)C1. The van der Waals surface area contributed by atoms with E-state index in [0.29, 0.717) is 6.10 Å². The highest BCUT2D eigenvalue weighted by Crippen LogP contribution is 2.40. The van der Waals surface area contributed by atoms with Gasteiger partial charge >= 0.3 is 0 Å². The summed E-state index contributed by atoms with van der Waals surface area (Å²) in [6, 6.07) is 20.6. The van der Waals surface area contributed by atoms with Crippen molar-refractivity contribution in [2.24, 2.45) is 0 Å². The smallest absolute Gasteiger partial charge is 0.258 e. The quantitative estimate of drug-likeness (QED) is 0.417. The summed E-state index contributed by atoms with van der Waals surface area (Å²) in [4.78, 5) is 12.1. The first kappa shape index (κ1) is 20.1. The van der Waals surface area contributed by atoms with Gasteiger partial charge < -0.3 is 9.53 Å². The standard InChI is InChI=1S/C24H32O2Si/c1-20-18-21(26-19-20)12-10-11-17-24(2,3)27(25,22-13-6-4-7-14-22)23-15-8-5-9-16-23/h4-9,13-16,21,25H,1,10-12,17-19H2,2-3H3/t21-/m0/s1. The number of unbranched alkanes of at least 4 members (excludes halogenated alkanes) is 1. The van der Waals surface area contributed by atoms with Crippen LogP contribution in [0.3, 0.4) is 0 Å². The van der Waals surface area contributed by atoms with Crippen LogP contribution in [-0.4, -0.2) is 25.8 Å². The van der Waals surface area contributed by atoms with E-state index in [1.54, 1.807) is 0 Å². The van der Waals surface area contributed by atoms with E-state index in [2.05, 4.69) is 44.7 Å². The van der Waals surface area contributed by atoms with Crippen LogP contribution < -0.4 is 10.4 Å². The molecule has 2 nitrogen and oxygen atoms in total. The lowest BCUT2D eigenvalue weighted by molar-refractivity contribution is 0.104. The van der Waals surface area contributed by atoms with Crippen LogP contribution in [0.1, 0.15) is 46.0 Å². The summed E-state index contributed by atoms with van der Waals surface area (Å²) in [6.07, 6.45) is 5.69. The molecule has 3 rings (SSSR count). The molecule has 1 saturated heterocycles. The number of rotatable bonds is 8. The first-order valence-corrected chi connectivity index (χ1v) is 12.0. The fourth-order valence-corrected chi connectivity index (χ4v) is 8.07. The van der Waals surface area contributed by atoms with Crippen LogP contribution >= 0.6 is 0 Å². The van der Waals surface area contributed by atoms with Gasteiger partial charge in [0.15, 0.2) is 0 Å². The Bertz CT molecular complexity index is 700. The molecule has 1 N–H and O–H groups in total. The van der Waals surface area contributed by atoms with E-state index < -0.39 is 8.32 Å². The molecule has 27 heavy (non-hydrogen) atoms. The number of ether oxygens (including phenoxy) is 1. The van der Waals surface area contributed by atoms with Crippen LogP contribution in [0.5, 0.6) is 0 Å². The zero-order chi connectivity index (χ0) is 19.3. The van der Waals surface area contributed by atoms with Gasteiger partial charge in [0.1, 0.15) is 0 Å². The first-order valence-electron chi connectivity index (χ1n) is 10.1. The largest absolute Gasteiger partial charge is 0.424 e. The molecule has 0 radical (unpaired) electrons. The van der Waals surface area contributed by atoms with Gasteiger partial charge in [0.2, 0.25) is 0 Å². The molecule has 0 unspecified atom stereocenters. The molecule has 0 saturated carbocycles. The summed E-state index contributed by atoms with van der Waals surface area (Å²) in [6.45, 7) is 9.23. The second kappa shape index (κ2) is 8.55. The van der Waals surface area contributed by atoms with Crippen molar-refractivity contribution in [3.63, 3.8) is 0 Å². The lowest BCUT2D eigenvalue weighted by atomic mass is 10.0. The highest BCUT2D eigenvalue weighted by molar-refractivity contribution is 6.98. The maximum Gasteiger partial charge on any atom is 0.258 e. The van der Waals surface area contributed by atoms with Gasteiger partial charge in [-0.15, -0.1) is 0 Å². The van der Waals surface area contributed by atoms with Gasteiger partial charge in [-0.2, -0.15) is 0 Å². The van der Waals surface area contributed by atoms with Gasteiger partial charge in [0, 0.05) is 0 Å². The second-order valence-electron chi connectivity index (χ2n) is 8.46. The molecule has 144 valence electrons. The van der Waals surface area contributed by atoms with E-state index in [1.165, 1.54) is 5.57 Å². The van der Waals surface area contributed by atoms with E-state index in [1.807, 2.05) is 36.4 Å². The number of benzene rings is 2. The maximum absolute atomic E-state index is 12.1. The van der Waals surface area contributed by atoms with Gasteiger partial charge in [-0.3, -0.25) is 0 Å². The Balaban J connectivity index is 1.74. The summed E-state index contributed by atoms with van der Waals surface area (Å²) in [5.41, 5.74) is 1.22. The molecular weight excluding hydrogens is 348 g/mol. The summed E-state index contributed by atoms with van der Waals surface area (Å²) in [7, 11) is -2.87. The monoisotopic (exact) mass is 380 g/mol. The Labute approximate surface area is 165 Å². The molecule has 0 aromatic heterocycles. The normalized spacial score (nSPS) is 18.0. The predicted molar refractivity (Wildman–Crippen MR) is 116 cm³/mol. The third-order valence-electron chi connectivity index (χ3n) is 5.98. The fourth-order valence-electron chi connectivity index (χ4n) is 4.29. The van der Waals surface area contributed by atoms with Crippen LogP contribution in [0.25, 0.3) is 0 Å². The van der Waals surface area contributed by atoms with Crippen molar-refractivity contribution in [1.82, 2.24) is 0 Å². The highest BCUT2D eigenvalue weighted by atomic mass is 28.4. The van der Waals surface area contributed by atoms with Gasteiger partial charge in [-0.25, -0.2) is 0 Å². The zero-order valence-electron chi connectivity index (χ0n) is 16.7. The lowest BCUT2D eigenvalue weighted by Crippen LogP contribution is -2.65. The van der Waals surface area contributed by atoms with Crippen molar-refractivity contribution in [2.45, 2.75) is 57.1 Å². The van der Waals surface area contributed by atoms with Crippen LogP contribution in [0.4, 0.5) is 0 Å². The fraction of sp³-hybridized carbons (Fsp3) is 0.417. The van der Waals surface area contributed by atoms with Crippen LogP contribution in [0, 0.1) is 0 Å². The highest BCUT2D eigenvalue weighted by Gasteiger charge is 2.49. The van der Waals surface area contributed by atoms with Crippen LogP contribution in [0.15, 0.2) is 72.8 Å². The first-order chi connectivity index (χ1) is 12.9. The van der Waals surface area contributed by atoms with Crippen molar-refractivity contribution < 1.29 is 9.53 Å². The van der Waals surface area contributed by atoms with E-state index in [0.717, 1.165) is 49.1 Å². The minimum Gasteiger partial charge on any atom is -0.424 e. The Kier molecular flexibility index (Phi) is 6.35. The van der Waals surface area contributed by atoms with Gasteiger partial charge in [-0.05, 0) is 40.2 Å². The van der Waals surface area contributed by atoms with Crippen LogP contribution in [0.2, 0.25) is 5.04 Å². The van der Waals surface area contributed by atoms with E-state index in [9.17, 15) is 4.80 Å². The Morgan fingerprint density at radius 2 is 1.56 bits per heavy atom. The summed E-state index contributed by atoms with van der Waals surface area (Å²) in [5, 5.41) is 2.03. The number of hydrogen-bond acceptors (Lipinski definition) is 2. The predicted octanol–water partition coefficient (Wildman–Crippen LogP) is 4.42. The molecule has 2 aromatic carbocycles. The maximum atomic E-state index is 12.1. The second-order valence-corrected chi connectivity index (χ2v) is 12.4. The van der Waals surface area contributed by atoms with Crippen molar-refractivity contribution >= 4 is 18.7 Å². The lowest BCUT2D eigenvalue weighted by Gasteiger charge is -2.41. The Morgan fingerprint density at radius 1 is 1.00 bits per heavy atom. The minimum atomic E-state index is -2.87. The molecule has 0 amide bonds. The zero-order valence-corrected chi connectivity index (χ0v) is 17.7. The van der Waals surface area contributed by atoms with Gasteiger partial charge in [0.25, 0.3) is 8.32 Å². The third-order valence-corrected chi connectivity index (χ3v) is 10.5. The summed E-state index contributed by atoms with van der Waals surface area (Å²) in [5.74, 6) is 0. The van der Waals surface area contributed by atoms with E-state index >= 15 is 0 Å². The summed E-state index contributed by atoms with van der Waals surface area (Å²) < 4.78 is 5.76. The molecule has 1 fully saturated rings. The average Bonchev–Trinajstić information content (AvgIpc) is 3.11. The van der Waals surface area contributed by atoms with Crippen molar-refractivity contribution in [3.05, 3.63) is 72.8 Å². The molecule has 1 atom stereocenters. The van der Waals surface area contributed by atoms with Crippen LogP contribution in [-0.2, 0) is 4.74 Å². The molecule has 2 aromatic rings. The van der Waals surface area contributed by atoms with Crippen molar-refractivity contribution in [1.29, 1.82) is 0 Å². The van der Waals surface area contributed by atoms with E-state index in [4.69, 9.17) is 4.74 Å². The van der Waals surface area contributed by atoms with Crippen molar-refractivity contribution in [2.75, 3.05) is 6.61 Å². The molecule has 1 aliphatic rings. The van der Waals surface area contributed by atoms with Gasteiger partial charge in [-0.1, -0.05) is 93.9 Å². The molecule has 0 bridgehead atoms. The molecule has 0 aliphatic carbocycles. The summed E-state index contributed by atoms with van der Waals surface area (Å²) >= 11 is 0. The average molecular weight is 381 g/mol. The molecular formula is C24H32O2Si. The van der Waals surface area contributed by atoms with Crippen molar-refractivity contribution in [3.8, 4) is 0 Å². The molecule has 0 spiro atoms.